The monoisotopic (exact) mass is 310 g/mol. The van der Waals surface area contributed by atoms with Crippen LogP contribution < -0.4 is 10.0 Å². The molecule has 0 aromatic carbocycles. The van der Waals surface area contributed by atoms with Gasteiger partial charge in [0.15, 0.2) is 0 Å². The molecular weight excluding hydrogens is 288 g/mol. The van der Waals surface area contributed by atoms with Crippen molar-refractivity contribution in [2.24, 2.45) is 0 Å². The highest BCUT2D eigenvalue weighted by atomic mass is 32.2. The highest BCUT2D eigenvalue weighted by Crippen LogP contribution is 2.05. The van der Waals surface area contributed by atoms with E-state index < -0.39 is 27.7 Å². The molecule has 0 aliphatic heterocycles. The van der Waals surface area contributed by atoms with Crippen LogP contribution in [-0.2, 0) is 19.6 Å². The van der Waals surface area contributed by atoms with Gasteiger partial charge in [-0.1, -0.05) is 0 Å². The molecule has 0 radical (unpaired) electrons. The summed E-state index contributed by atoms with van der Waals surface area (Å²) >= 11 is 0. The van der Waals surface area contributed by atoms with Gasteiger partial charge in [-0.15, -0.1) is 0 Å². The molecule has 0 aliphatic carbocycles. The number of hydrogen-bond donors (Lipinski definition) is 3. The number of amides is 1. The van der Waals surface area contributed by atoms with Crippen molar-refractivity contribution in [2.75, 3.05) is 18.8 Å². The topological polar surface area (TPSA) is 122 Å². The summed E-state index contributed by atoms with van der Waals surface area (Å²) in [6.07, 6.45) is -0.774. The smallest absolute Gasteiger partial charge is 0.407 e. The predicted octanol–water partition coefficient (Wildman–Crippen LogP) is 0.295. The van der Waals surface area contributed by atoms with Gasteiger partial charge in [-0.25, -0.2) is 17.9 Å². The van der Waals surface area contributed by atoms with E-state index in [2.05, 4.69) is 10.0 Å². The van der Waals surface area contributed by atoms with E-state index in [1.165, 1.54) is 0 Å². The van der Waals surface area contributed by atoms with E-state index in [9.17, 15) is 18.0 Å². The standard InChI is InChI=1S/C11H22N2O6S/c1-11(2,3)19-10(16)12-6-7-13-20(17,18)8-4-5-9(14)15/h13H,4-8H2,1-3H3,(H,12,16)(H,14,15). The van der Waals surface area contributed by atoms with Gasteiger partial charge in [-0.2, -0.15) is 0 Å². The third-order valence-electron chi connectivity index (χ3n) is 1.92. The largest absolute Gasteiger partial charge is 0.481 e. The second kappa shape index (κ2) is 8.05. The van der Waals surface area contributed by atoms with Crippen molar-refractivity contribution in [2.45, 2.75) is 39.2 Å². The van der Waals surface area contributed by atoms with Crippen LogP contribution in [0, 0.1) is 0 Å². The Kier molecular flexibility index (Phi) is 7.51. The molecule has 0 bridgehead atoms. The van der Waals surface area contributed by atoms with E-state index in [1.807, 2.05) is 0 Å². The second-order valence-corrected chi connectivity index (χ2v) is 7.07. The predicted molar refractivity (Wildman–Crippen MR) is 72.9 cm³/mol. The minimum Gasteiger partial charge on any atom is -0.481 e. The molecule has 0 heterocycles. The van der Waals surface area contributed by atoms with Crippen molar-refractivity contribution < 1.29 is 27.9 Å². The quantitative estimate of drug-likeness (QED) is 0.554. The molecule has 0 aliphatic rings. The normalized spacial score (nSPS) is 11.9. The van der Waals surface area contributed by atoms with Crippen LogP contribution in [0.4, 0.5) is 4.79 Å². The van der Waals surface area contributed by atoms with Gasteiger partial charge in [0.25, 0.3) is 0 Å². The second-order valence-electron chi connectivity index (χ2n) is 5.14. The van der Waals surface area contributed by atoms with Crippen LogP contribution in [-0.4, -0.2) is 50.0 Å². The molecule has 118 valence electrons. The minimum absolute atomic E-state index is 0.0225. The maximum absolute atomic E-state index is 11.4. The molecule has 0 aromatic heterocycles. The summed E-state index contributed by atoms with van der Waals surface area (Å²) in [5.74, 6) is -1.29. The Hall–Kier alpha value is -1.35. The molecule has 8 nitrogen and oxygen atoms in total. The molecule has 0 fully saturated rings. The first-order chi connectivity index (χ1) is 9.02. The Morgan fingerprint density at radius 2 is 1.80 bits per heavy atom. The molecule has 1 amide bonds. The van der Waals surface area contributed by atoms with Crippen molar-refractivity contribution in [1.29, 1.82) is 0 Å². The van der Waals surface area contributed by atoms with Crippen molar-refractivity contribution in [3.8, 4) is 0 Å². The van der Waals surface area contributed by atoms with Crippen LogP contribution in [0.5, 0.6) is 0 Å². The van der Waals surface area contributed by atoms with E-state index in [4.69, 9.17) is 9.84 Å². The average Bonchev–Trinajstić information content (AvgIpc) is 2.21. The summed E-state index contributed by atoms with van der Waals surface area (Å²) in [5, 5.41) is 10.8. The van der Waals surface area contributed by atoms with Crippen molar-refractivity contribution in [3.05, 3.63) is 0 Å². The lowest BCUT2D eigenvalue weighted by atomic mass is 10.2. The van der Waals surface area contributed by atoms with E-state index in [0.717, 1.165) is 0 Å². The van der Waals surface area contributed by atoms with Crippen LogP contribution in [0.2, 0.25) is 0 Å². The van der Waals surface area contributed by atoms with Crippen LogP contribution in [0.25, 0.3) is 0 Å². The summed E-state index contributed by atoms with van der Waals surface area (Å²) in [4.78, 5) is 21.5. The molecule has 0 rings (SSSR count). The average molecular weight is 310 g/mol. The van der Waals surface area contributed by atoms with E-state index in [1.54, 1.807) is 20.8 Å². The first-order valence-corrected chi connectivity index (χ1v) is 7.83. The molecule has 0 saturated carbocycles. The summed E-state index contributed by atoms with van der Waals surface area (Å²) < 4.78 is 30.1. The third kappa shape index (κ3) is 11.7. The van der Waals surface area contributed by atoms with Gasteiger partial charge >= 0.3 is 12.1 Å². The Bertz CT molecular complexity index is 427. The number of ether oxygens (including phenoxy) is 1. The van der Waals surface area contributed by atoms with E-state index in [-0.39, 0.29) is 31.7 Å². The Balaban J connectivity index is 3.83. The zero-order chi connectivity index (χ0) is 15.8. The van der Waals surface area contributed by atoms with E-state index in [0.29, 0.717) is 0 Å². The summed E-state index contributed by atoms with van der Waals surface area (Å²) in [6, 6.07) is 0. The summed E-state index contributed by atoms with van der Waals surface area (Å²) in [6.45, 7) is 5.27. The number of alkyl carbamates (subject to hydrolysis) is 1. The SMILES string of the molecule is CC(C)(C)OC(=O)NCCNS(=O)(=O)CCCC(=O)O. The molecule has 0 saturated heterocycles. The van der Waals surface area contributed by atoms with Crippen LogP contribution in [0.15, 0.2) is 0 Å². The van der Waals surface area contributed by atoms with Crippen molar-refractivity contribution in [1.82, 2.24) is 10.0 Å². The molecule has 0 atom stereocenters. The lowest BCUT2D eigenvalue weighted by Crippen LogP contribution is -2.38. The van der Waals surface area contributed by atoms with Crippen molar-refractivity contribution >= 4 is 22.1 Å². The van der Waals surface area contributed by atoms with Gasteiger partial charge in [0.1, 0.15) is 5.60 Å². The fourth-order valence-corrected chi connectivity index (χ4v) is 2.25. The highest BCUT2D eigenvalue weighted by Gasteiger charge is 2.16. The number of carbonyl (C=O) groups is 2. The van der Waals surface area contributed by atoms with Crippen molar-refractivity contribution in [3.63, 3.8) is 0 Å². The van der Waals surface area contributed by atoms with Crippen LogP contribution >= 0.6 is 0 Å². The first-order valence-electron chi connectivity index (χ1n) is 6.18. The third-order valence-corrected chi connectivity index (χ3v) is 3.39. The first kappa shape index (κ1) is 18.7. The van der Waals surface area contributed by atoms with Gasteiger partial charge in [0.05, 0.1) is 5.75 Å². The van der Waals surface area contributed by atoms with Crippen LogP contribution in [0.3, 0.4) is 0 Å². The number of sulfonamides is 1. The summed E-state index contributed by atoms with van der Waals surface area (Å²) in [5.41, 5.74) is -0.611. The zero-order valence-electron chi connectivity index (χ0n) is 11.9. The number of aliphatic carboxylic acids is 1. The van der Waals surface area contributed by atoms with E-state index >= 15 is 0 Å². The molecule has 0 spiro atoms. The lowest BCUT2D eigenvalue weighted by Gasteiger charge is -2.19. The number of hydrogen-bond acceptors (Lipinski definition) is 5. The van der Waals surface area contributed by atoms with Gasteiger partial charge in [0.2, 0.25) is 10.0 Å². The lowest BCUT2D eigenvalue weighted by molar-refractivity contribution is -0.137. The maximum atomic E-state index is 11.4. The highest BCUT2D eigenvalue weighted by molar-refractivity contribution is 7.89. The molecular formula is C11H22N2O6S. The van der Waals surface area contributed by atoms with Gasteiger partial charge in [0, 0.05) is 19.5 Å². The number of rotatable bonds is 8. The minimum atomic E-state index is -3.52. The fourth-order valence-electron chi connectivity index (χ4n) is 1.17. The Morgan fingerprint density at radius 1 is 1.20 bits per heavy atom. The molecule has 0 unspecified atom stereocenters. The number of carboxylic acids is 1. The molecule has 0 aromatic rings. The molecule has 3 N–H and O–H groups in total. The Labute approximate surface area is 118 Å². The van der Waals surface area contributed by atoms with Gasteiger partial charge in [-0.05, 0) is 27.2 Å². The maximum Gasteiger partial charge on any atom is 0.407 e. The van der Waals surface area contributed by atoms with Crippen LogP contribution in [0.1, 0.15) is 33.6 Å². The van der Waals surface area contributed by atoms with Gasteiger partial charge < -0.3 is 15.2 Å². The summed E-state index contributed by atoms with van der Waals surface area (Å²) in [7, 11) is -3.52. The number of nitrogens with one attached hydrogen (secondary N) is 2. The number of carboxylic acid groups (broad SMARTS) is 1. The Morgan fingerprint density at radius 3 is 2.30 bits per heavy atom. The zero-order valence-corrected chi connectivity index (χ0v) is 12.7. The molecule has 20 heavy (non-hydrogen) atoms. The van der Waals surface area contributed by atoms with Gasteiger partial charge in [-0.3, -0.25) is 4.79 Å². The fraction of sp³-hybridized carbons (Fsp3) is 0.818. The molecule has 9 heteroatoms. The number of carbonyl (C=O) groups excluding carboxylic acids is 1.